The highest BCUT2D eigenvalue weighted by Crippen LogP contribution is 2.36. The second-order valence-corrected chi connectivity index (χ2v) is 8.36. The summed E-state index contributed by atoms with van der Waals surface area (Å²) < 4.78 is 7.54. The van der Waals surface area contributed by atoms with Gasteiger partial charge in [0.05, 0.1) is 6.20 Å². The average Bonchev–Trinajstić information content (AvgIpc) is 3.28. The molecule has 0 unspecified atom stereocenters. The van der Waals surface area contributed by atoms with Crippen LogP contribution in [-0.4, -0.2) is 51.4 Å². The van der Waals surface area contributed by atoms with E-state index in [4.69, 9.17) is 4.52 Å². The van der Waals surface area contributed by atoms with Crippen molar-refractivity contribution in [1.29, 1.82) is 0 Å². The number of likely N-dealkylation sites (tertiary alicyclic amines) is 1. The van der Waals surface area contributed by atoms with E-state index in [-0.39, 0.29) is 0 Å². The first-order chi connectivity index (χ1) is 13.2. The third kappa shape index (κ3) is 3.97. The zero-order valence-electron chi connectivity index (χ0n) is 17.0. The van der Waals surface area contributed by atoms with Gasteiger partial charge in [0.2, 0.25) is 0 Å². The minimum absolute atomic E-state index is 0.464. The maximum Gasteiger partial charge on any atom is 0.140 e. The highest BCUT2D eigenvalue weighted by molar-refractivity contribution is 5.25. The lowest BCUT2D eigenvalue weighted by Crippen LogP contribution is -2.42. The molecule has 2 aromatic heterocycles. The Morgan fingerprint density at radius 1 is 1.26 bits per heavy atom. The molecule has 148 valence electrons. The molecule has 3 heterocycles. The highest BCUT2D eigenvalue weighted by Gasteiger charge is 2.33. The smallest absolute Gasteiger partial charge is 0.140 e. The number of rotatable bonds is 6. The van der Waals surface area contributed by atoms with Crippen LogP contribution in [0.1, 0.15) is 61.2 Å². The van der Waals surface area contributed by atoms with E-state index >= 15 is 0 Å². The van der Waals surface area contributed by atoms with Gasteiger partial charge in [0, 0.05) is 49.9 Å². The molecule has 6 heteroatoms. The van der Waals surface area contributed by atoms with Gasteiger partial charge in [0.15, 0.2) is 0 Å². The maximum atomic E-state index is 5.61. The Kier molecular flexibility index (Phi) is 5.64. The van der Waals surface area contributed by atoms with E-state index in [0.717, 1.165) is 43.9 Å². The van der Waals surface area contributed by atoms with Crippen LogP contribution in [0.4, 0.5) is 0 Å². The van der Waals surface area contributed by atoms with E-state index in [1.807, 2.05) is 11.7 Å². The van der Waals surface area contributed by atoms with E-state index < -0.39 is 0 Å². The summed E-state index contributed by atoms with van der Waals surface area (Å²) in [7, 11) is 4.24. The summed E-state index contributed by atoms with van der Waals surface area (Å²) >= 11 is 0. The average molecular weight is 372 g/mol. The minimum Gasteiger partial charge on any atom is -0.361 e. The van der Waals surface area contributed by atoms with Crippen molar-refractivity contribution in [3.8, 4) is 0 Å². The first-order valence-corrected chi connectivity index (χ1v) is 10.5. The SMILES string of the molecule is CCN1CCC[C@@H](CN(C)Cc2noc3c2CCCC3)[C@@H]1c1cnn(C)c1. The van der Waals surface area contributed by atoms with Crippen LogP contribution >= 0.6 is 0 Å². The van der Waals surface area contributed by atoms with Crippen molar-refractivity contribution in [2.45, 2.75) is 58.0 Å². The van der Waals surface area contributed by atoms with Gasteiger partial charge >= 0.3 is 0 Å². The molecule has 0 radical (unpaired) electrons. The third-order valence-corrected chi connectivity index (χ3v) is 6.33. The van der Waals surface area contributed by atoms with Crippen LogP contribution in [-0.2, 0) is 26.4 Å². The lowest BCUT2D eigenvalue weighted by atomic mass is 9.85. The zero-order valence-corrected chi connectivity index (χ0v) is 17.0. The van der Waals surface area contributed by atoms with Gasteiger partial charge in [-0.3, -0.25) is 9.58 Å². The number of hydrogen-bond donors (Lipinski definition) is 0. The predicted octanol–water partition coefficient (Wildman–Crippen LogP) is 3.19. The first-order valence-electron chi connectivity index (χ1n) is 10.5. The first kappa shape index (κ1) is 18.7. The molecule has 1 saturated heterocycles. The number of nitrogens with zero attached hydrogens (tertiary/aromatic N) is 5. The summed E-state index contributed by atoms with van der Waals surface area (Å²) in [6, 6.07) is 0.464. The molecule has 0 saturated carbocycles. The molecule has 0 aromatic carbocycles. The fraction of sp³-hybridized carbons (Fsp3) is 0.714. The fourth-order valence-electron chi connectivity index (χ4n) is 5.07. The second kappa shape index (κ2) is 8.15. The molecule has 2 aliphatic rings. The van der Waals surface area contributed by atoms with Crippen LogP contribution in [0.2, 0.25) is 0 Å². The Morgan fingerprint density at radius 3 is 2.89 bits per heavy atom. The Bertz CT molecular complexity index is 752. The Balaban J connectivity index is 1.47. The van der Waals surface area contributed by atoms with E-state index in [0.29, 0.717) is 12.0 Å². The van der Waals surface area contributed by atoms with Crippen molar-refractivity contribution in [3.05, 3.63) is 35.0 Å². The zero-order chi connectivity index (χ0) is 18.8. The molecule has 6 nitrogen and oxygen atoms in total. The van der Waals surface area contributed by atoms with Gasteiger partial charge in [0.1, 0.15) is 11.5 Å². The normalized spacial score (nSPS) is 23.7. The van der Waals surface area contributed by atoms with E-state index in [2.05, 4.69) is 46.4 Å². The van der Waals surface area contributed by atoms with Crippen molar-refractivity contribution in [2.24, 2.45) is 13.0 Å². The molecule has 0 N–H and O–H groups in total. The highest BCUT2D eigenvalue weighted by atomic mass is 16.5. The monoisotopic (exact) mass is 371 g/mol. The van der Waals surface area contributed by atoms with E-state index in [1.54, 1.807) is 0 Å². The number of piperidine rings is 1. The lowest BCUT2D eigenvalue weighted by molar-refractivity contribution is 0.0744. The Labute approximate surface area is 162 Å². The van der Waals surface area contributed by atoms with E-state index in [9.17, 15) is 0 Å². The molecule has 1 fully saturated rings. The summed E-state index contributed by atoms with van der Waals surface area (Å²) in [4.78, 5) is 5.07. The van der Waals surface area contributed by atoms with Crippen molar-refractivity contribution in [2.75, 3.05) is 26.7 Å². The third-order valence-electron chi connectivity index (χ3n) is 6.33. The largest absolute Gasteiger partial charge is 0.361 e. The number of hydrogen-bond acceptors (Lipinski definition) is 5. The number of aromatic nitrogens is 3. The topological polar surface area (TPSA) is 50.3 Å². The molecule has 0 amide bonds. The summed E-state index contributed by atoms with van der Waals surface area (Å²) in [6.45, 7) is 6.53. The fourth-order valence-corrected chi connectivity index (χ4v) is 5.07. The molecule has 2 aromatic rings. The molecular weight excluding hydrogens is 338 g/mol. The molecular formula is C21H33N5O. The summed E-state index contributed by atoms with van der Waals surface area (Å²) in [6.07, 6.45) is 11.5. The van der Waals surface area contributed by atoms with Crippen LogP contribution in [0.5, 0.6) is 0 Å². The van der Waals surface area contributed by atoms with Crippen molar-refractivity contribution < 1.29 is 4.52 Å². The van der Waals surface area contributed by atoms with Gasteiger partial charge in [-0.1, -0.05) is 12.1 Å². The quantitative estimate of drug-likeness (QED) is 0.780. The Morgan fingerprint density at radius 2 is 2.11 bits per heavy atom. The second-order valence-electron chi connectivity index (χ2n) is 8.36. The standard InChI is InChI=1S/C21H33N5O/c1-4-26-11-7-8-16(21(26)17-12-22-25(3)14-17)13-24(2)15-19-18-9-5-6-10-20(18)27-23-19/h12,14,16,21H,4-11,13,15H2,1-3H3/t16-,21+/m0/s1. The van der Waals surface area contributed by atoms with E-state index in [1.165, 1.54) is 43.4 Å². The molecule has 1 aliphatic heterocycles. The van der Waals surface area contributed by atoms with Gasteiger partial charge in [-0.25, -0.2) is 0 Å². The lowest BCUT2D eigenvalue weighted by Gasteiger charge is -2.42. The van der Waals surface area contributed by atoms with Crippen LogP contribution in [0.15, 0.2) is 16.9 Å². The molecule has 27 heavy (non-hydrogen) atoms. The van der Waals surface area contributed by atoms with Gasteiger partial charge < -0.3 is 9.42 Å². The van der Waals surface area contributed by atoms with Crippen molar-refractivity contribution in [1.82, 2.24) is 24.7 Å². The molecule has 2 atom stereocenters. The minimum atomic E-state index is 0.464. The molecule has 1 aliphatic carbocycles. The van der Waals surface area contributed by atoms with Crippen molar-refractivity contribution in [3.63, 3.8) is 0 Å². The molecule has 4 rings (SSSR count). The van der Waals surface area contributed by atoms with Crippen LogP contribution in [0, 0.1) is 5.92 Å². The van der Waals surface area contributed by atoms with Crippen molar-refractivity contribution >= 4 is 0 Å². The van der Waals surface area contributed by atoms with Gasteiger partial charge in [-0.05, 0) is 58.2 Å². The summed E-state index contributed by atoms with van der Waals surface area (Å²) in [5.41, 5.74) is 3.90. The van der Waals surface area contributed by atoms with Crippen LogP contribution in [0.3, 0.4) is 0 Å². The molecule has 0 bridgehead atoms. The van der Waals surface area contributed by atoms with Crippen LogP contribution < -0.4 is 0 Å². The summed E-state index contributed by atoms with van der Waals surface area (Å²) in [5, 5.41) is 8.84. The maximum absolute atomic E-state index is 5.61. The predicted molar refractivity (Wildman–Crippen MR) is 105 cm³/mol. The Hall–Kier alpha value is -1.66. The van der Waals surface area contributed by atoms with Gasteiger partial charge in [-0.2, -0.15) is 5.10 Å². The van der Waals surface area contributed by atoms with Crippen LogP contribution in [0.25, 0.3) is 0 Å². The van der Waals surface area contributed by atoms with Gasteiger partial charge in [0.25, 0.3) is 0 Å². The number of aryl methyl sites for hydroxylation is 2. The molecule has 0 spiro atoms. The number of fused-ring (bicyclic) bond motifs is 1. The van der Waals surface area contributed by atoms with Gasteiger partial charge in [-0.15, -0.1) is 0 Å². The summed E-state index contributed by atoms with van der Waals surface area (Å²) in [5.74, 6) is 1.75.